The molecule has 1 heterocycles. The highest BCUT2D eigenvalue weighted by molar-refractivity contribution is 5.85. The number of carbonyl (C=O) groups excluding carboxylic acids is 1. The molecule has 1 aromatic carbocycles. The number of halogens is 2. The number of alkyl halides is 2. The summed E-state index contributed by atoms with van der Waals surface area (Å²) in [5, 5.41) is 2.22. The molecule has 0 saturated carbocycles. The summed E-state index contributed by atoms with van der Waals surface area (Å²) >= 11 is 0. The lowest BCUT2D eigenvalue weighted by Crippen LogP contribution is -2.32. The molecule has 1 aliphatic rings. The fraction of sp³-hybridized carbons (Fsp3) is 0.417. The van der Waals surface area contributed by atoms with Gasteiger partial charge in [-0.2, -0.15) is 8.78 Å². The molecule has 1 atom stereocenters. The molecule has 92 valence electrons. The molecule has 1 amide bonds. The number of benzene rings is 1. The van der Waals surface area contributed by atoms with E-state index in [0.717, 1.165) is 5.56 Å². The molecule has 0 radical (unpaired) electrons. The molecular weight excluding hydrogens is 228 g/mol. The minimum atomic E-state index is -3.25. The van der Waals surface area contributed by atoms with Crippen LogP contribution in [0.5, 0.6) is 0 Å². The average molecular weight is 241 g/mol. The first-order chi connectivity index (χ1) is 8.08. The van der Waals surface area contributed by atoms with Gasteiger partial charge in [-0.15, -0.1) is 0 Å². The minimum absolute atomic E-state index is 0.107. The Morgan fingerprint density at radius 3 is 2.65 bits per heavy atom. The monoisotopic (exact) mass is 241 g/mol. The van der Waals surface area contributed by atoms with Crippen LogP contribution < -0.4 is 5.32 Å². The van der Waals surface area contributed by atoms with E-state index < -0.39 is 24.3 Å². The van der Waals surface area contributed by atoms with Gasteiger partial charge in [0.05, 0.1) is 19.3 Å². The summed E-state index contributed by atoms with van der Waals surface area (Å²) in [6.07, 6.45) is -0.485. The van der Waals surface area contributed by atoms with Gasteiger partial charge in [0.2, 0.25) is 0 Å². The Hall–Kier alpha value is -1.49. The molecular formula is C12H13F2NO2. The van der Waals surface area contributed by atoms with Crippen LogP contribution in [-0.4, -0.2) is 24.5 Å². The summed E-state index contributed by atoms with van der Waals surface area (Å²) < 4.78 is 31.0. The van der Waals surface area contributed by atoms with Crippen LogP contribution in [0.25, 0.3) is 0 Å². The van der Waals surface area contributed by atoms with Crippen molar-refractivity contribution in [3.8, 4) is 0 Å². The zero-order valence-corrected chi connectivity index (χ0v) is 9.16. The predicted molar refractivity (Wildman–Crippen MR) is 57.6 cm³/mol. The standard InChI is InChI=1S/C12H13F2NO2/c13-12(14)6-10(15-11(12)16)8-17-7-9-4-2-1-3-5-9/h1-5,10H,6-8H2,(H,15,16). The summed E-state index contributed by atoms with van der Waals surface area (Å²) in [6, 6.07) is 8.83. The van der Waals surface area contributed by atoms with E-state index in [2.05, 4.69) is 5.32 Å². The van der Waals surface area contributed by atoms with Crippen molar-refractivity contribution in [1.82, 2.24) is 5.32 Å². The highest BCUT2D eigenvalue weighted by atomic mass is 19.3. The number of carbonyl (C=O) groups is 1. The molecule has 17 heavy (non-hydrogen) atoms. The lowest BCUT2D eigenvalue weighted by atomic mass is 10.2. The van der Waals surface area contributed by atoms with E-state index in [4.69, 9.17) is 4.74 Å². The second-order valence-corrected chi connectivity index (χ2v) is 4.08. The zero-order chi connectivity index (χ0) is 12.3. The fourth-order valence-electron chi connectivity index (χ4n) is 1.74. The van der Waals surface area contributed by atoms with Crippen molar-refractivity contribution in [2.75, 3.05) is 6.61 Å². The molecule has 1 aliphatic heterocycles. The third-order valence-electron chi connectivity index (χ3n) is 2.60. The van der Waals surface area contributed by atoms with Crippen molar-refractivity contribution in [3.05, 3.63) is 35.9 Å². The van der Waals surface area contributed by atoms with Gasteiger partial charge in [-0.1, -0.05) is 30.3 Å². The third kappa shape index (κ3) is 3.00. The Labute approximate surface area is 97.8 Å². The van der Waals surface area contributed by atoms with Crippen LogP contribution in [-0.2, 0) is 16.1 Å². The van der Waals surface area contributed by atoms with Crippen LogP contribution in [0.3, 0.4) is 0 Å². The molecule has 1 unspecified atom stereocenters. The second-order valence-electron chi connectivity index (χ2n) is 4.08. The van der Waals surface area contributed by atoms with Crippen LogP contribution in [0.4, 0.5) is 8.78 Å². The molecule has 2 rings (SSSR count). The van der Waals surface area contributed by atoms with E-state index >= 15 is 0 Å². The molecule has 1 fully saturated rings. The maximum absolute atomic E-state index is 12.9. The topological polar surface area (TPSA) is 38.3 Å². The van der Waals surface area contributed by atoms with Crippen molar-refractivity contribution in [2.45, 2.75) is 25.0 Å². The van der Waals surface area contributed by atoms with Crippen molar-refractivity contribution in [2.24, 2.45) is 0 Å². The first kappa shape index (κ1) is 12.0. The number of hydrogen-bond donors (Lipinski definition) is 1. The molecule has 1 N–H and O–H groups in total. The van der Waals surface area contributed by atoms with E-state index in [0.29, 0.717) is 6.61 Å². The third-order valence-corrected chi connectivity index (χ3v) is 2.60. The summed E-state index contributed by atoms with van der Waals surface area (Å²) in [6.45, 7) is 0.467. The van der Waals surface area contributed by atoms with Crippen molar-refractivity contribution >= 4 is 5.91 Å². The summed E-state index contributed by atoms with van der Waals surface area (Å²) in [7, 11) is 0. The number of rotatable bonds is 4. The Kier molecular flexibility index (Phi) is 3.38. The second kappa shape index (κ2) is 4.79. The normalized spacial score (nSPS) is 22.5. The quantitative estimate of drug-likeness (QED) is 0.871. The van der Waals surface area contributed by atoms with Crippen LogP contribution in [0.2, 0.25) is 0 Å². The van der Waals surface area contributed by atoms with E-state index in [9.17, 15) is 13.6 Å². The molecule has 5 heteroatoms. The lowest BCUT2D eigenvalue weighted by Gasteiger charge is -2.10. The van der Waals surface area contributed by atoms with Gasteiger partial charge in [-0.05, 0) is 5.56 Å². The van der Waals surface area contributed by atoms with Crippen molar-refractivity contribution in [1.29, 1.82) is 0 Å². The molecule has 1 saturated heterocycles. The van der Waals surface area contributed by atoms with Gasteiger partial charge in [0.25, 0.3) is 5.91 Å². The summed E-state index contributed by atoms with van der Waals surface area (Å²) in [4.78, 5) is 10.8. The van der Waals surface area contributed by atoms with Crippen LogP contribution in [0.15, 0.2) is 30.3 Å². The highest BCUT2D eigenvalue weighted by Crippen LogP contribution is 2.26. The molecule has 0 spiro atoms. The van der Waals surface area contributed by atoms with Gasteiger partial charge >= 0.3 is 5.92 Å². The molecule has 0 aromatic heterocycles. The average Bonchev–Trinajstić information content (AvgIpc) is 2.54. The maximum atomic E-state index is 12.9. The molecule has 0 bridgehead atoms. The Morgan fingerprint density at radius 1 is 1.35 bits per heavy atom. The van der Waals surface area contributed by atoms with Gasteiger partial charge in [0, 0.05) is 6.42 Å². The van der Waals surface area contributed by atoms with Crippen LogP contribution >= 0.6 is 0 Å². The minimum Gasteiger partial charge on any atom is -0.375 e. The molecule has 0 aliphatic carbocycles. The lowest BCUT2D eigenvalue weighted by molar-refractivity contribution is -0.139. The number of hydrogen-bond acceptors (Lipinski definition) is 2. The maximum Gasteiger partial charge on any atom is 0.326 e. The Bertz CT molecular complexity index is 395. The van der Waals surface area contributed by atoms with E-state index in [1.807, 2.05) is 30.3 Å². The van der Waals surface area contributed by atoms with Gasteiger partial charge < -0.3 is 10.1 Å². The number of amides is 1. The van der Waals surface area contributed by atoms with Crippen molar-refractivity contribution in [3.63, 3.8) is 0 Å². The number of nitrogens with one attached hydrogen (secondary N) is 1. The Balaban J connectivity index is 1.76. The molecule has 3 nitrogen and oxygen atoms in total. The van der Waals surface area contributed by atoms with E-state index in [1.54, 1.807) is 0 Å². The molecule has 1 aromatic rings. The van der Waals surface area contributed by atoms with Crippen molar-refractivity contribution < 1.29 is 18.3 Å². The van der Waals surface area contributed by atoms with Gasteiger partial charge in [0.15, 0.2) is 0 Å². The first-order valence-corrected chi connectivity index (χ1v) is 5.38. The van der Waals surface area contributed by atoms with E-state index in [-0.39, 0.29) is 6.61 Å². The fourth-order valence-corrected chi connectivity index (χ4v) is 1.74. The van der Waals surface area contributed by atoms with Gasteiger partial charge in [-0.3, -0.25) is 4.79 Å². The zero-order valence-electron chi connectivity index (χ0n) is 9.16. The first-order valence-electron chi connectivity index (χ1n) is 5.38. The van der Waals surface area contributed by atoms with E-state index in [1.165, 1.54) is 0 Å². The Morgan fingerprint density at radius 2 is 2.06 bits per heavy atom. The van der Waals surface area contributed by atoms with Gasteiger partial charge in [-0.25, -0.2) is 0 Å². The van der Waals surface area contributed by atoms with Gasteiger partial charge in [0.1, 0.15) is 0 Å². The SMILES string of the molecule is O=C1NC(COCc2ccccc2)CC1(F)F. The van der Waals surface area contributed by atoms with Crippen LogP contribution in [0.1, 0.15) is 12.0 Å². The summed E-state index contributed by atoms with van der Waals surface area (Å²) in [5.41, 5.74) is 0.976. The highest BCUT2D eigenvalue weighted by Gasteiger charge is 2.48. The largest absolute Gasteiger partial charge is 0.375 e. The number of ether oxygens (including phenoxy) is 1. The smallest absolute Gasteiger partial charge is 0.326 e. The van der Waals surface area contributed by atoms with Crippen LogP contribution in [0, 0.1) is 0 Å². The summed E-state index contributed by atoms with van der Waals surface area (Å²) in [5.74, 6) is -4.45. The predicted octanol–water partition coefficient (Wildman–Crippen LogP) is 1.73.